The minimum absolute atomic E-state index is 0.290. The molecular weight excluding hydrogens is 222 g/mol. The Morgan fingerprint density at radius 1 is 1.35 bits per heavy atom. The number of nitrogens with one attached hydrogen (secondary N) is 2. The van der Waals surface area contributed by atoms with Crippen LogP contribution in [0.2, 0.25) is 0 Å². The highest BCUT2D eigenvalue weighted by Gasteiger charge is 2.43. The van der Waals surface area contributed by atoms with E-state index in [9.17, 15) is 14.4 Å². The van der Waals surface area contributed by atoms with Gasteiger partial charge in [0.1, 0.15) is 5.54 Å². The SMILES string of the molecule is C[C@@]1(c2cccc(C(N)=O)c2)NC(=O)NC1=O. The third-order valence-corrected chi connectivity index (χ3v) is 2.77. The lowest BCUT2D eigenvalue weighted by atomic mass is 9.91. The van der Waals surface area contributed by atoms with Gasteiger partial charge in [-0.3, -0.25) is 14.9 Å². The highest BCUT2D eigenvalue weighted by Crippen LogP contribution is 2.24. The number of hydrogen-bond acceptors (Lipinski definition) is 3. The molecule has 0 aliphatic carbocycles. The van der Waals surface area contributed by atoms with Crippen molar-refractivity contribution >= 4 is 17.8 Å². The molecule has 0 radical (unpaired) electrons. The lowest BCUT2D eigenvalue weighted by Gasteiger charge is -2.21. The molecule has 1 atom stereocenters. The molecule has 2 rings (SSSR count). The van der Waals surface area contributed by atoms with Gasteiger partial charge in [0.15, 0.2) is 0 Å². The molecule has 88 valence electrons. The van der Waals surface area contributed by atoms with Gasteiger partial charge < -0.3 is 11.1 Å². The summed E-state index contributed by atoms with van der Waals surface area (Å²) < 4.78 is 0. The molecule has 0 spiro atoms. The molecule has 1 aromatic rings. The number of amides is 4. The van der Waals surface area contributed by atoms with Crippen molar-refractivity contribution in [2.75, 3.05) is 0 Å². The van der Waals surface area contributed by atoms with Crippen molar-refractivity contribution in [1.82, 2.24) is 10.6 Å². The molecule has 6 nitrogen and oxygen atoms in total. The second-order valence-corrected chi connectivity index (χ2v) is 3.98. The van der Waals surface area contributed by atoms with E-state index in [0.29, 0.717) is 5.56 Å². The first kappa shape index (κ1) is 11.1. The summed E-state index contributed by atoms with van der Waals surface area (Å²) in [6.07, 6.45) is 0. The number of rotatable bonds is 2. The molecule has 1 aromatic carbocycles. The van der Waals surface area contributed by atoms with E-state index < -0.39 is 23.4 Å². The minimum Gasteiger partial charge on any atom is -0.366 e. The van der Waals surface area contributed by atoms with Crippen LogP contribution in [-0.2, 0) is 10.3 Å². The largest absolute Gasteiger partial charge is 0.366 e. The van der Waals surface area contributed by atoms with Crippen molar-refractivity contribution in [3.8, 4) is 0 Å². The topological polar surface area (TPSA) is 101 Å². The smallest absolute Gasteiger partial charge is 0.322 e. The fraction of sp³-hybridized carbons (Fsp3) is 0.182. The van der Waals surface area contributed by atoms with Crippen LogP contribution in [0.3, 0.4) is 0 Å². The second-order valence-electron chi connectivity index (χ2n) is 3.98. The zero-order valence-corrected chi connectivity index (χ0v) is 9.11. The molecule has 6 heteroatoms. The van der Waals surface area contributed by atoms with Crippen LogP contribution in [0.5, 0.6) is 0 Å². The van der Waals surface area contributed by atoms with Crippen LogP contribution < -0.4 is 16.4 Å². The first-order chi connectivity index (χ1) is 7.93. The van der Waals surface area contributed by atoms with Crippen molar-refractivity contribution in [3.63, 3.8) is 0 Å². The summed E-state index contributed by atoms with van der Waals surface area (Å²) in [4.78, 5) is 33.9. The van der Waals surface area contributed by atoms with E-state index in [2.05, 4.69) is 10.6 Å². The Kier molecular flexibility index (Phi) is 2.35. The first-order valence-corrected chi connectivity index (χ1v) is 4.97. The van der Waals surface area contributed by atoms with Crippen molar-refractivity contribution in [3.05, 3.63) is 35.4 Å². The predicted molar refractivity (Wildman–Crippen MR) is 59.0 cm³/mol. The Hall–Kier alpha value is -2.37. The maximum atomic E-state index is 11.7. The summed E-state index contributed by atoms with van der Waals surface area (Å²) >= 11 is 0. The van der Waals surface area contributed by atoms with Gasteiger partial charge in [-0.05, 0) is 24.6 Å². The first-order valence-electron chi connectivity index (χ1n) is 4.97. The average molecular weight is 233 g/mol. The molecule has 4 amide bonds. The fourth-order valence-electron chi connectivity index (χ4n) is 1.73. The van der Waals surface area contributed by atoms with E-state index in [4.69, 9.17) is 5.73 Å². The van der Waals surface area contributed by atoms with Crippen molar-refractivity contribution in [1.29, 1.82) is 0 Å². The van der Waals surface area contributed by atoms with Gasteiger partial charge in [0, 0.05) is 5.56 Å². The van der Waals surface area contributed by atoms with Gasteiger partial charge in [0.05, 0.1) is 0 Å². The maximum absolute atomic E-state index is 11.7. The van der Waals surface area contributed by atoms with Crippen LogP contribution in [-0.4, -0.2) is 17.8 Å². The second kappa shape index (κ2) is 3.58. The standard InChI is InChI=1S/C11H11N3O3/c1-11(9(16)13-10(17)14-11)7-4-2-3-6(5-7)8(12)15/h2-5H,1H3,(H2,12,15)(H2,13,14,16,17)/t11-/m0/s1. The number of carbonyl (C=O) groups excluding carboxylic acids is 3. The summed E-state index contributed by atoms with van der Waals surface area (Å²) in [5.74, 6) is -1.04. The van der Waals surface area contributed by atoms with E-state index in [1.165, 1.54) is 6.07 Å². The number of benzene rings is 1. The quantitative estimate of drug-likeness (QED) is 0.618. The molecule has 1 aliphatic heterocycles. The third kappa shape index (κ3) is 1.73. The van der Waals surface area contributed by atoms with E-state index in [0.717, 1.165) is 0 Å². The highest BCUT2D eigenvalue weighted by atomic mass is 16.2. The van der Waals surface area contributed by atoms with Crippen LogP contribution in [0.1, 0.15) is 22.8 Å². The van der Waals surface area contributed by atoms with Crippen LogP contribution in [0.25, 0.3) is 0 Å². The van der Waals surface area contributed by atoms with Crippen molar-refractivity contribution in [2.24, 2.45) is 5.73 Å². The Morgan fingerprint density at radius 3 is 2.59 bits per heavy atom. The molecule has 1 fully saturated rings. The predicted octanol–water partition coefficient (Wildman–Crippen LogP) is -0.160. The summed E-state index contributed by atoms with van der Waals surface area (Å²) in [5, 5.41) is 4.66. The van der Waals surface area contributed by atoms with Crippen LogP contribution in [0, 0.1) is 0 Å². The number of nitrogens with two attached hydrogens (primary N) is 1. The number of carbonyl (C=O) groups is 3. The van der Waals surface area contributed by atoms with Crippen molar-refractivity contribution in [2.45, 2.75) is 12.5 Å². The van der Waals surface area contributed by atoms with E-state index in [1.807, 2.05) is 0 Å². The van der Waals surface area contributed by atoms with E-state index in [1.54, 1.807) is 25.1 Å². The Morgan fingerprint density at radius 2 is 2.06 bits per heavy atom. The van der Waals surface area contributed by atoms with Crippen molar-refractivity contribution < 1.29 is 14.4 Å². The molecule has 0 bridgehead atoms. The molecule has 1 saturated heterocycles. The zero-order valence-electron chi connectivity index (χ0n) is 9.11. The van der Waals surface area contributed by atoms with Crippen LogP contribution >= 0.6 is 0 Å². The van der Waals surface area contributed by atoms with Gasteiger partial charge >= 0.3 is 6.03 Å². The fourth-order valence-corrected chi connectivity index (χ4v) is 1.73. The Labute approximate surface area is 97.2 Å². The molecule has 1 aliphatic rings. The molecule has 17 heavy (non-hydrogen) atoms. The van der Waals surface area contributed by atoms with Gasteiger partial charge in [-0.1, -0.05) is 12.1 Å². The van der Waals surface area contributed by atoms with Gasteiger partial charge in [0.25, 0.3) is 5.91 Å². The summed E-state index contributed by atoms with van der Waals surface area (Å²) in [6, 6.07) is 5.75. The van der Waals surface area contributed by atoms with Crippen LogP contribution in [0.4, 0.5) is 4.79 Å². The zero-order chi connectivity index (χ0) is 12.6. The Bertz CT molecular complexity index is 526. The highest BCUT2D eigenvalue weighted by molar-refractivity contribution is 6.07. The molecule has 1 heterocycles. The monoisotopic (exact) mass is 233 g/mol. The van der Waals surface area contributed by atoms with E-state index >= 15 is 0 Å². The molecule has 0 unspecified atom stereocenters. The van der Waals surface area contributed by atoms with Gasteiger partial charge in [-0.2, -0.15) is 0 Å². The van der Waals surface area contributed by atoms with Gasteiger partial charge in [-0.15, -0.1) is 0 Å². The lowest BCUT2D eigenvalue weighted by Crippen LogP contribution is -2.40. The Balaban J connectivity index is 2.47. The van der Waals surface area contributed by atoms with Gasteiger partial charge in [0.2, 0.25) is 5.91 Å². The lowest BCUT2D eigenvalue weighted by molar-refractivity contribution is -0.123. The summed E-state index contributed by atoms with van der Waals surface area (Å²) in [7, 11) is 0. The van der Waals surface area contributed by atoms with Crippen LogP contribution in [0.15, 0.2) is 24.3 Å². The number of primary amides is 1. The summed E-state index contributed by atoms with van der Waals surface area (Å²) in [6.45, 7) is 1.56. The number of hydrogen-bond donors (Lipinski definition) is 3. The molecule has 4 N–H and O–H groups in total. The molecular formula is C11H11N3O3. The minimum atomic E-state index is -1.16. The normalized spacial score (nSPS) is 23.1. The van der Waals surface area contributed by atoms with E-state index in [-0.39, 0.29) is 5.56 Å². The maximum Gasteiger partial charge on any atom is 0.322 e. The summed E-state index contributed by atoms with van der Waals surface area (Å²) in [5.41, 5.74) is 4.80. The average Bonchev–Trinajstić information content (AvgIpc) is 2.54. The molecule has 0 saturated carbocycles. The number of imide groups is 1. The third-order valence-electron chi connectivity index (χ3n) is 2.77. The molecule has 0 aromatic heterocycles. The number of urea groups is 1. The van der Waals surface area contributed by atoms with Gasteiger partial charge in [-0.25, -0.2) is 4.79 Å².